The summed E-state index contributed by atoms with van der Waals surface area (Å²) in [5.74, 6) is -1.31. The molecule has 0 atom stereocenters. The topological polar surface area (TPSA) is 58.2 Å². The number of rotatable bonds is 5. The van der Waals surface area contributed by atoms with E-state index in [0.29, 0.717) is 12.8 Å². The van der Waals surface area contributed by atoms with Gasteiger partial charge >= 0.3 is 0 Å². The fourth-order valence-electron chi connectivity index (χ4n) is 2.68. The van der Waals surface area contributed by atoms with Crippen molar-refractivity contribution in [3.05, 3.63) is 59.9 Å². The van der Waals surface area contributed by atoms with E-state index in [1.54, 1.807) is 12.1 Å². The number of para-hydroxylation sites is 2. The predicted octanol–water partition coefficient (Wildman–Crippen LogP) is 3.75. The van der Waals surface area contributed by atoms with Gasteiger partial charge in [0.05, 0.1) is 5.69 Å². The van der Waals surface area contributed by atoms with Gasteiger partial charge in [0.15, 0.2) is 0 Å². The van der Waals surface area contributed by atoms with Crippen molar-refractivity contribution in [1.29, 1.82) is 0 Å². The van der Waals surface area contributed by atoms with Crippen molar-refractivity contribution in [2.24, 2.45) is 5.41 Å². The van der Waals surface area contributed by atoms with Gasteiger partial charge in [0.2, 0.25) is 11.8 Å². The largest absolute Gasteiger partial charge is 0.325 e. The third-order valence-corrected chi connectivity index (χ3v) is 4.39. The highest BCUT2D eigenvalue weighted by Crippen LogP contribution is 2.47. The lowest BCUT2D eigenvalue weighted by atomic mass is 10.0. The van der Waals surface area contributed by atoms with Crippen molar-refractivity contribution in [2.75, 3.05) is 10.6 Å². The van der Waals surface area contributed by atoms with E-state index in [2.05, 4.69) is 10.6 Å². The number of hydrogen-bond donors (Lipinski definition) is 2. The van der Waals surface area contributed by atoms with Crippen LogP contribution in [0.3, 0.4) is 0 Å². The summed E-state index contributed by atoms with van der Waals surface area (Å²) in [6.45, 7) is 2.00. The third-order valence-electron chi connectivity index (χ3n) is 4.39. The molecule has 1 aliphatic rings. The Kier molecular flexibility index (Phi) is 4.34. The molecule has 2 aromatic rings. The Morgan fingerprint density at radius 2 is 1.50 bits per heavy atom. The lowest BCUT2D eigenvalue weighted by Gasteiger charge is -2.17. The molecule has 3 rings (SSSR count). The predicted molar refractivity (Wildman–Crippen MR) is 91.1 cm³/mol. The van der Waals surface area contributed by atoms with Crippen molar-refractivity contribution in [3.63, 3.8) is 0 Å². The highest BCUT2D eigenvalue weighted by atomic mass is 19.1. The standard InChI is InChI=1S/C19H19FN2O2/c1-2-13-7-3-5-9-15(13)21-17(23)19(11-12-19)18(24)22-16-10-6-4-8-14(16)20/h3-10H,2,11-12H2,1H3,(H,21,23)(H,22,24). The Morgan fingerprint density at radius 3 is 2.08 bits per heavy atom. The molecular weight excluding hydrogens is 307 g/mol. The summed E-state index contributed by atoms with van der Waals surface area (Å²) in [6, 6.07) is 13.4. The first-order valence-corrected chi connectivity index (χ1v) is 8.02. The summed E-state index contributed by atoms with van der Waals surface area (Å²) in [7, 11) is 0. The van der Waals surface area contributed by atoms with Gasteiger partial charge in [-0.3, -0.25) is 9.59 Å². The maximum absolute atomic E-state index is 13.7. The Morgan fingerprint density at radius 1 is 0.958 bits per heavy atom. The van der Waals surface area contributed by atoms with Crippen LogP contribution in [0.4, 0.5) is 15.8 Å². The molecule has 4 nitrogen and oxygen atoms in total. The number of nitrogens with one attached hydrogen (secondary N) is 2. The van der Waals surface area contributed by atoms with E-state index < -0.39 is 17.1 Å². The minimum Gasteiger partial charge on any atom is -0.325 e. The summed E-state index contributed by atoms with van der Waals surface area (Å²) >= 11 is 0. The smallest absolute Gasteiger partial charge is 0.240 e. The summed E-state index contributed by atoms with van der Waals surface area (Å²) < 4.78 is 13.7. The zero-order chi connectivity index (χ0) is 17.2. The van der Waals surface area contributed by atoms with Crippen molar-refractivity contribution in [3.8, 4) is 0 Å². The fraction of sp³-hybridized carbons (Fsp3) is 0.263. The Bertz CT molecular complexity index is 784. The molecule has 0 saturated heterocycles. The molecule has 2 aromatic carbocycles. The molecule has 1 saturated carbocycles. The molecule has 0 spiro atoms. The summed E-state index contributed by atoms with van der Waals surface area (Å²) in [5, 5.41) is 5.39. The summed E-state index contributed by atoms with van der Waals surface area (Å²) in [6.07, 6.45) is 1.71. The lowest BCUT2D eigenvalue weighted by molar-refractivity contribution is -0.131. The number of carbonyl (C=O) groups is 2. The van der Waals surface area contributed by atoms with Gasteiger partial charge in [-0.25, -0.2) is 4.39 Å². The van der Waals surface area contributed by atoms with Crippen molar-refractivity contribution < 1.29 is 14.0 Å². The quantitative estimate of drug-likeness (QED) is 0.822. The zero-order valence-electron chi connectivity index (χ0n) is 13.4. The van der Waals surface area contributed by atoms with Crippen LogP contribution in [0.25, 0.3) is 0 Å². The van der Waals surface area contributed by atoms with Crippen LogP contribution in [-0.4, -0.2) is 11.8 Å². The van der Waals surface area contributed by atoms with Crippen LogP contribution in [0.5, 0.6) is 0 Å². The van der Waals surface area contributed by atoms with Crippen molar-refractivity contribution in [1.82, 2.24) is 0 Å². The fourth-order valence-corrected chi connectivity index (χ4v) is 2.68. The molecule has 5 heteroatoms. The molecule has 1 aliphatic carbocycles. The molecule has 0 heterocycles. The molecule has 2 N–H and O–H groups in total. The second-order valence-electron chi connectivity index (χ2n) is 5.98. The van der Waals surface area contributed by atoms with Crippen molar-refractivity contribution in [2.45, 2.75) is 26.2 Å². The molecule has 0 aromatic heterocycles. The Labute approximate surface area is 140 Å². The van der Waals surface area contributed by atoms with Gasteiger partial charge < -0.3 is 10.6 Å². The normalized spacial score (nSPS) is 14.8. The third kappa shape index (κ3) is 3.02. The minimum absolute atomic E-state index is 0.0931. The number of benzene rings is 2. The maximum atomic E-state index is 13.7. The number of anilines is 2. The van der Waals surface area contributed by atoms with Gasteiger partial charge in [-0.2, -0.15) is 0 Å². The van der Waals surface area contributed by atoms with Crippen molar-refractivity contribution >= 4 is 23.2 Å². The first kappa shape index (κ1) is 16.2. The molecule has 0 radical (unpaired) electrons. The Balaban J connectivity index is 1.74. The van der Waals surface area contributed by atoms with Gasteiger partial charge in [-0.15, -0.1) is 0 Å². The van der Waals surface area contributed by atoms with Gasteiger partial charge in [0.1, 0.15) is 11.2 Å². The highest BCUT2D eigenvalue weighted by molar-refractivity contribution is 6.17. The maximum Gasteiger partial charge on any atom is 0.240 e. The number of halogens is 1. The van der Waals surface area contributed by atoms with Crippen LogP contribution in [-0.2, 0) is 16.0 Å². The average Bonchev–Trinajstić information content (AvgIpc) is 3.39. The van der Waals surface area contributed by atoms with Crippen LogP contribution in [0.15, 0.2) is 48.5 Å². The van der Waals surface area contributed by atoms with Crippen LogP contribution < -0.4 is 10.6 Å². The SMILES string of the molecule is CCc1ccccc1NC(=O)C1(C(=O)Nc2ccccc2F)CC1. The van der Waals surface area contributed by atoms with Gasteiger partial charge in [-0.05, 0) is 43.0 Å². The van der Waals surface area contributed by atoms with E-state index >= 15 is 0 Å². The van der Waals surface area contributed by atoms with Gasteiger partial charge in [0, 0.05) is 5.69 Å². The van der Waals surface area contributed by atoms with Crippen LogP contribution >= 0.6 is 0 Å². The van der Waals surface area contributed by atoms with Crippen LogP contribution in [0.1, 0.15) is 25.3 Å². The van der Waals surface area contributed by atoms with E-state index in [9.17, 15) is 14.0 Å². The highest BCUT2D eigenvalue weighted by Gasteiger charge is 2.56. The molecule has 0 bridgehead atoms. The van der Waals surface area contributed by atoms with E-state index in [1.165, 1.54) is 12.1 Å². The van der Waals surface area contributed by atoms with Gasteiger partial charge in [-0.1, -0.05) is 37.3 Å². The number of hydrogen-bond acceptors (Lipinski definition) is 2. The number of amides is 2. The van der Waals surface area contributed by atoms with Crippen LogP contribution in [0, 0.1) is 11.2 Å². The van der Waals surface area contributed by atoms with Crippen LogP contribution in [0.2, 0.25) is 0 Å². The molecule has 124 valence electrons. The summed E-state index contributed by atoms with van der Waals surface area (Å²) in [5.41, 5.74) is 0.713. The Hall–Kier alpha value is -2.69. The van der Waals surface area contributed by atoms with E-state index in [-0.39, 0.29) is 11.6 Å². The lowest BCUT2D eigenvalue weighted by Crippen LogP contribution is -2.36. The number of carbonyl (C=O) groups excluding carboxylic acids is 2. The second-order valence-corrected chi connectivity index (χ2v) is 5.98. The average molecular weight is 326 g/mol. The second kappa shape index (κ2) is 6.43. The molecular formula is C19H19FN2O2. The molecule has 2 amide bonds. The molecule has 0 aliphatic heterocycles. The zero-order valence-corrected chi connectivity index (χ0v) is 13.4. The minimum atomic E-state index is -1.11. The van der Waals surface area contributed by atoms with E-state index in [0.717, 1.165) is 17.7 Å². The van der Waals surface area contributed by atoms with E-state index in [4.69, 9.17) is 0 Å². The first-order chi connectivity index (χ1) is 11.6. The monoisotopic (exact) mass is 326 g/mol. The number of aryl methyl sites for hydroxylation is 1. The summed E-state index contributed by atoms with van der Waals surface area (Å²) in [4.78, 5) is 25.1. The van der Waals surface area contributed by atoms with E-state index in [1.807, 2.05) is 31.2 Å². The van der Waals surface area contributed by atoms with Gasteiger partial charge in [0.25, 0.3) is 0 Å². The molecule has 1 fully saturated rings. The first-order valence-electron chi connectivity index (χ1n) is 8.02. The molecule has 24 heavy (non-hydrogen) atoms. The molecule has 0 unspecified atom stereocenters.